The molecule has 1 saturated heterocycles. The molecular formula is C7H11N2. The molecule has 0 N–H and O–H groups in total. The van der Waals surface area contributed by atoms with Crippen molar-refractivity contribution < 1.29 is 0 Å². The molecule has 1 aliphatic heterocycles. The van der Waals surface area contributed by atoms with E-state index in [1.165, 1.54) is 12.8 Å². The second-order valence-electron chi connectivity index (χ2n) is 2.42. The van der Waals surface area contributed by atoms with Gasteiger partial charge >= 0.3 is 0 Å². The summed E-state index contributed by atoms with van der Waals surface area (Å²) in [5, 5.41) is 12.6. The average Bonchev–Trinajstić information content (AvgIpc) is 1.91. The van der Waals surface area contributed by atoms with E-state index < -0.39 is 0 Å². The molecule has 0 aliphatic carbocycles. The van der Waals surface area contributed by atoms with E-state index in [4.69, 9.17) is 5.26 Å². The first-order chi connectivity index (χ1) is 4.43. The Morgan fingerprint density at radius 2 is 2.44 bits per heavy atom. The van der Waals surface area contributed by atoms with Crippen molar-refractivity contribution in [1.82, 2.24) is 5.32 Å². The number of nitriles is 1. The van der Waals surface area contributed by atoms with Crippen LogP contribution < -0.4 is 5.32 Å². The van der Waals surface area contributed by atoms with Gasteiger partial charge in [-0.1, -0.05) is 6.42 Å². The van der Waals surface area contributed by atoms with E-state index in [1.54, 1.807) is 0 Å². The minimum Gasteiger partial charge on any atom is -0.237 e. The summed E-state index contributed by atoms with van der Waals surface area (Å²) < 4.78 is 0. The van der Waals surface area contributed by atoms with Crippen molar-refractivity contribution in [1.29, 1.82) is 5.26 Å². The van der Waals surface area contributed by atoms with Crippen molar-refractivity contribution in [2.45, 2.75) is 31.7 Å². The largest absolute Gasteiger partial charge is 0.237 e. The summed E-state index contributed by atoms with van der Waals surface area (Å²) in [5.74, 6) is 0. The minimum absolute atomic E-state index is 0.365. The highest BCUT2D eigenvalue weighted by molar-refractivity contribution is 4.82. The Morgan fingerprint density at radius 1 is 1.56 bits per heavy atom. The SMILES string of the molecule is N#CCC1CCCC[N]1. The summed E-state index contributed by atoms with van der Waals surface area (Å²) in [6.45, 7) is 0.979. The standard InChI is InChI=1S/C7H11N2/c8-5-4-7-3-1-2-6-9-7/h7H,1-4,6H2. The number of hydrogen-bond acceptors (Lipinski definition) is 1. The summed E-state index contributed by atoms with van der Waals surface area (Å²) in [5.41, 5.74) is 0. The molecule has 0 aromatic heterocycles. The lowest BCUT2D eigenvalue weighted by Gasteiger charge is -2.18. The van der Waals surface area contributed by atoms with Crippen molar-refractivity contribution in [2.75, 3.05) is 6.54 Å². The van der Waals surface area contributed by atoms with Crippen LogP contribution in [0.15, 0.2) is 0 Å². The number of nitrogens with zero attached hydrogens (tertiary/aromatic N) is 2. The van der Waals surface area contributed by atoms with Crippen LogP contribution in [-0.4, -0.2) is 12.6 Å². The molecule has 0 amide bonds. The predicted molar refractivity (Wildman–Crippen MR) is 34.9 cm³/mol. The highest BCUT2D eigenvalue weighted by atomic mass is 14.9. The molecule has 49 valence electrons. The van der Waals surface area contributed by atoms with Gasteiger partial charge in [-0.2, -0.15) is 5.26 Å². The minimum atomic E-state index is 0.365. The fourth-order valence-corrected chi connectivity index (χ4v) is 1.13. The topological polar surface area (TPSA) is 37.9 Å². The Kier molecular flexibility index (Phi) is 2.53. The molecule has 1 fully saturated rings. The normalized spacial score (nSPS) is 27.2. The summed E-state index contributed by atoms with van der Waals surface area (Å²) in [7, 11) is 0. The van der Waals surface area contributed by atoms with Crippen molar-refractivity contribution >= 4 is 0 Å². The molecule has 9 heavy (non-hydrogen) atoms. The van der Waals surface area contributed by atoms with E-state index in [-0.39, 0.29) is 0 Å². The molecule has 2 nitrogen and oxygen atoms in total. The van der Waals surface area contributed by atoms with Crippen LogP contribution in [-0.2, 0) is 0 Å². The van der Waals surface area contributed by atoms with Gasteiger partial charge in [-0.15, -0.1) is 0 Å². The zero-order chi connectivity index (χ0) is 6.53. The molecule has 0 aromatic rings. The second kappa shape index (κ2) is 3.47. The molecule has 2 heteroatoms. The van der Waals surface area contributed by atoms with E-state index in [0.717, 1.165) is 13.0 Å². The Hall–Kier alpha value is -0.550. The molecule has 1 unspecified atom stereocenters. The lowest BCUT2D eigenvalue weighted by atomic mass is 10.0. The molecule has 0 aromatic carbocycles. The van der Waals surface area contributed by atoms with Crippen LogP contribution in [0.3, 0.4) is 0 Å². The van der Waals surface area contributed by atoms with E-state index >= 15 is 0 Å². The van der Waals surface area contributed by atoms with Crippen LogP contribution in [0.25, 0.3) is 0 Å². The van der Waals surface area contributed by atoms with Gasteiger partial charge in [-0.25, -0.2) is 5.32 Å². The maximum absolute atomic E-state index is 8.31. The number of rotatable bonds is 1. The van der Waals surface area contributed by atoms with Gasteiger partial charge in [0.05, 0.1) is 12.5 Å². The molecule has 0 spiro atoms. The third-order valence-electron chi connectivity index (χ3n) is 1.66. The van der Waals surface area contributed by atoms with Gasteiger partial charge in [0.25, 0.3) is 0 Å². The molecule has 1 radical (unpaired) electrons. The molecule has 1 rings (SSSR count). The molecule has 0 saturated carbocycles. The zero-order valence-electron chi connectivity index (χ0n) is 5.51. The van der Waals surface area contributed by atoms with Crippen LogP contribution in [0.2, 0.25) is 0 Å². The highest BCUT2D eigenvalue weighted by Crippen LogP contribution is 2.10. The van der Waals surface area contributed by atoms with Crippen LogP contribution in [0.1, 0.15) is 25.7 Å². The lowest BCUT2D eigenvalue weighted by molar-refractivity contribution is 0.398. The summed E-state index contributed by atoms with van der Waals surface area (Å²) in [4.78, 5) is 0. The van der Waals surface area contributed by atoms with E-state index in [9.17, 15) is 0 Å². The third kappa shape index (κ3) is 2.03. The van der Waals surface area contributed by atoms with Crippen LogP contribution in [0.4, 0.5) is 0 Å². The third-order valence-corrected chi connectivity index (χ3v) is 1.66. The predicted octanol–water partition coefficient (Wildman–Crippen LogP) is 1.06. The van der Waals surface area contributed by atoms with Crippen molar-refractivity contribution in [3.63, 3.8) is 0 Å². The fraction of sp³-hybridized carbons (Fsp3) is 0.857. The van der Waals surface area contributed by atoms with Gasteiger partial charge in [0, 0.05) is 12.6 Å². The smallest absolute Gasteiger partial charge is 0.0638 e. The van der Waals surface area contributed by atoms with Crippen LogP contribution in [0, 0.1) is 11.3 Å². The van der Waals surface area contributed by atoms with Crippen LogP contribution in [0.5, 0.6) is 0 Å². The van der Waals surface area contributed by atoms with Gasteiger partial charge < -0.3 is 0 Å². The Bertz CT molecular complexity index is 109. The number of piperidine rings is 1. The Morgan fingerprint density at radius 3 is 3.00 bits per heavy atom. The van der Waals surface area contributed by atoms with Gasteiger partial charge in [0.15, 0.2) is 0 Å². The second-order valence-corrected chi connectivity index (χ2v) is 2.42. The number of hydrogen-bond donors (Lipinski definition) is 0. The van der Waals surface area contributed by atoms with E-state index in [0.29, 0.717) is 12.5 Å². The summed E-state index contributed by atoms with van der Waals surface area (Å²) >= 11 is 0. The monoisotopic (exact) mass is 123 g/mol. The summed E-state index contributed by atoms with van der Waals surface area (Å²) in [6, 6.07) is 2.51. The first-order valence-electron chi connectivity index (χ1n) is 3.47. The van der Waals surface area contributed by atoms with Gasteiger partial charge in [-0.3, -0.25) is 0 Å². The first-order valence-corrected chi connectivity index (χ1v) is 3.47. The molecule has 1 heterocycles. The van der Waals surface area contributed by atoms with Gasteiger partial charge in [0.2, 0.25) is 0 Å². The van der Waals surface area contributed by atoms with E-state index in [1.807, 2.05) is 0 Å². The van der Waals surface area contributed by atoms with Crippen molar-refractivity contribution in [2.24, 2.45) is 0 Å². The first kappa shape index (κ1) is 6.57. The lowest BCUT2D eigenvalue weighted by Crippen LogP contribution is -2.26. The quantitative estimate of drug-likeness (QED) is 0.513. The maximum atomic E-state index is 8.31. The van der Waals surface area contributed by atoms with Gasteiger partial charge in [-0.05, 0) is 12.8 Å². The summed E-state index contributed by atoms with van der Waals surface area (Å²) in [6.07, 6.45) is 4.24. The average molecular weight is 123 g/mol. The zero-order valence-corrected chi connectivity index (χ0v) is 5.51. The Balaban J connectivity index is 2.17. The van der Waals surface area contributed by atoms with E-state index in [2.05, 4.69) is 11.4 Å². The maximum Gasteiger partial charge on any atom is 0.0638 e. The highest BCUT2D eigenvalue weighted by Gasteiger charge is 2.12. The molecular weight excluding hydrogens is 112 g/mol. The van der Waals surface area contributed by atoms with Crippen molar-refractivity contribution in [3.05, 3.63) is 0 Å². The molecule has 1 atom stereocenters. The van der Waals surface area contributed by atoms with Crippen LogP contribution >= 0.6 is 0 Å². The molecule has 0 bridgehead atoms. The van der Waals surface area contributed by atoms with Crippen molar-refractivity contribution in [3.8, 4) is 6.07 Å². The van der Waals surface area contributed by atoms with Gasteiger partial charge in [0.1, 0.15) is 0 Å². The molecule has 1 aliphatic rings. The fourth-order valence-electron chi connectivity index (χ4n) is 1.13. The Labute approximate surface area is 55.9 Å².